The van der Waals surface area contributed by atoms with E-state index in [9.17, 15) is 22.8 Å². The van der Waals surface area contributed by atoms with E-state index in [0.717, 1.165) is 11.4 Å². The molecule has 0 bridgehead atoms. The molecule has 0 radical (unpaired) electrons. The Morgan fingerprint density at radius 1 is 1.10 bits per heavy atom. The first kappa shape index (κ1) is 35.7. The van der Waals surface area contributed by atoms with Crippen LogP contribution in [0.5, 0.6) is 5.75 Å². The highest BCUT2D eigenvalue weighted by Crippen LogP contribution is 2.44. The number of hydrogen-bond donors (Lipinski definition) is 0. The van der Waals surface area contributed by atoms with Crippen molar-refractivity contribution < 1.29 is 32.2 Å². The number of amidine groups is 1. The molecule has 0 saturated carbocycles. The molecule has 2 aromatic heterocycles. The monoisotopic (exact) mass is 705 g/mol. The van der Waals surface area contributed by atoms with Crippen molar-refractivity contribution in [2.24, 2.45) is 4.99 Å². The molecule has 0 spiro atoms. The third-order valence-electron chi connectivity index (χ3n) is 8.89. The Morgan fingerprint density at radius 3 is 2.49 bits per heavy atom. The first-order valence-corrected chi connectivity index (χ1v) is 16.8. The number of anilines is 1. The summed E-state index contributed by atoms with van der Waals surface area (Å²) in [6, 6.07) is 7.06. The Bertz CT molecular complexity index is 1950. The van der Waals surface area contributed by atoms with Gasteiger partial charge >= 0.3 is 12.3 Å². The summed E-state index contributed by atoms with van der Waals surface area (Å²) in [6.07, 6.45) is 1.66. The van der Waals surface area contributed by atoms with E-state index >= 15 is 0 Å². The minimum atomic E-state index is -4.72. The largest absolute Gasteiger partial charge is 0.487 e. The van der Waals surface area contributed by atoms with Crippen molar-refractivity contribution in [3.8, 4) is 16.9 Å². The van der Waals surface area contributed by atoms with E-state index in [1.165, 1.54) is 10.9 Å². The second-order valence-corrected chi connectivity index (χ2v) is 14.0. The van der Waals surface area contributed by atoms with Gasteiger partial charge in [-0.15, -0.1) is 0 Å². The number of Topliss-reactive ketones (excluding diaryl/α,β-unsaturated/α-hetero) is 1. The summed E-state index contributed by atoms with van der Waals surface area (Å²) in [4.78, 5) is 41.5. The number of aliphatic imine (C=N–C) groups is 1. The molecule has 0 N–H and O–H groups in total. The van der Waals surface area contributed by atoms with E-state index in [2.05, 4.69) is 10.1 Å². The molecule has 3 aliphatic heterocycles. The van der Waals surface area contributed by atoms with Crippen LogP contribution < -0.4 is 9.64 Å². The van der Waals surface area contributed by atoms with Gasteiger partial charge < -0.3 is 24.2 Å². The number of ketones is 1. The smallest absolute Gasteiger partial charge is 0.435 e. The lowest BCUT2D eigenvalue weighted by atomic mass is 9.91. The highest BCUT2D eigenvalue weighted by molar-refractivity contribution is 6.15. The molecule has 3 aliphatic rings. The summed E-state index contributed by atoms with van der Waals surface area (Å²) in [6.45, 7) is 13.0. The van der Waals surface area contributed by atoms with Gasteiger partial charge in [-0.25, -0.2) is 9.78 Å². The molecule has 5 heterocycles. The summed E-state index contributed by atoms with van der Waals surface area (Å²) in [5.41, 5.74) is 0.905. The third-order valence-corrected chi connectivity index (χ3v) is 8.89. The second-order valence-electron chi connectivity index (χ2n) is 14.0. The fourth-order valence-electron chi connectivity index (χ4n) is 6.17. The van der Waals surface area contributed by atoms with Gasteiger partial charge in [-0.3, -0.25) is 14.5 Å². The number of alkyl halides is 3. The number of carbonyl (C=O) groups is 2. The quantitative estimate of drug-likeness (QED) is 0.249. The van der Waals surface area contributed by atoms with Gasteiger partial charge in [0.2, 0.25) is 0 Å². The standard InChI is InChI=1S/C37H42F3N7O4/c1-8-47-20-30(34(43-47)37(38,39)40)28-14-24(17-45-11-9-10-41-23(45)3)15-29-32(48)25(21-50-33(28)29)16-26-12-22(2)13-31(42-26)46-18-27(19-46)44(7)35(49)51-36(4,5)6/h9,11-16,20,27H,8,10,17-19,21H2,1-7H3/b25-16+. The summed E-state index contributed by atoms with van der Waals surface area (Å²) in [5, 5.41) is 3.81. The van der Waals surface area contributed by atoms with Gasteiger partial charge in [-0.05, 0) is 89.1 Å². The number of pyridine rings is 1. The normalized spacial score (nSPS) is 17.3. The number of likely N-dealkylation sites (N-methyl/N-ethyl adjacent to an activating group) is 1. The van der Waals surface area contributed by atoms with E-state index in [-0.39, 0.29) is 60.1 Å². The first-order chi connectivity index (χ1) is 24.0. The molecule has 0 unspecified atom stereocenters. The highest BCUT2D eigenvalue weighted by atomic mass is 19.4. The number of nitrogens with zero attached hydrogens (tertiary/aromatic N) is 7. The zero-order chi connectivity index (χ0) is 36.8. The molecule has 6 rings (SSSR count). The van der Waals surface area contributed by atoms with E-state index in [1.54, 1.807) is 37.1 Å². The van der Waals surface area contributed by atoms with Gasteiger partial charge in [0, 0.05) is 62.3 Å². The van der Waals surface area contributed by atoms with Crippen molar-refractivity contribution in [1.82, 2.24) is 24.6 Å². The molecular formula is C37H42F3N7O4. The van der Waals surface area contributed by atoms with Crippen molar-refractivity contribution in [3.63, 3.8) is 0 Å². The van der Waals surface area contributed by atoms with Crippen LogP contribution >= 0.6 is 0 Å². The third kappa shape index (κ3) is 7.64. The Labute approximate surface area is 295 Å². The number of benzene rings is 1. The van der Waals surface area contributed by atoms with Gasteiger partial charge in [0.25, 0.3) is 0 Å². The van der Waals surface area contributed by atoms with Crippen LogP contribution in [0.2, 0.25) is 0 Å². The lowest BCUT2D eigenvalue weighted by Gasteiger charge is -2.44. The number of ether oxygens (including phenoxy) is 2. The zero-order valence-corrected chi connectivity index (χ0v) is 29.8. The highest BCUT2D eigenvalue weighted by Gasteiger charge is 2.40. The van der Waals surface area contributed by atoms with Crippen LogP contribution in [0, 0.1) is 6.92 Å². The molecule has 1 aromatic carbocycles. The summed E-state index contributed by atoms with van der Waals surface area (Å²) < 4.78 is 55.7. The molecule has 11 nitrogen and oxygen atoms in total. The van der Waals surface area contributed by atoms with E-state index < -0.39 is 17.5 Å². The molecule has 0 atom stereocenters. The molecule has 51 heavy (non-hydrogen) atoms. The molecular weight excluding hydrogens is 663 g/mol. The number of amides is 1. The number of fused-ring (bicyclic) bond motifs is 1. The summed E-state index contributed by atoms with van der Waals surface area (Å²) in [7, 11) is 1.72. The molecule has 1 saturated heterocycles. The minimum absolute atomic E-state index is 0.0463. The Morgan fingerprint density at radius 2 is 1.82 bits per heavy atom. The van der Waals surface area contributed by atoms with Gasteiger partial charge in [-0.2, -0.15) is 18.3 Å². The molecule has 3 aromatic rings. The Hall–Kier alpha value is -5.14. The van der Waals surface area contributed by atoms with Crippen molar-refractivity contribution in [1.29, 1.82) is 0 Å². The Balaban J connectivity index is 1.32. The van der Waals surface area contributed by atoms with Gasteiger partial charge in [-0.1, -0.05) is 0 Å². The van der Waals surface area contributed by atoms with Gasteiger partial charge in [0.05, 0.1) is 23.8 Å². The molecule has 14 heteroatoms. The van der Waals surface area contributed by atoms with Crippen LogP contribution in [-0.2, 0) is 24.0 Å². The molecule has 1 amide bonds. The van der Waals surface area contributed by atoms with Crippen LogP contribution in [0.3, 0.4) is 0 Å². The summed E-state index contributed by atoms with van der Waals surface area (Å²) in [5.74, 6) is 1.17. The first-order valence-electron chi connectivity index (χ1n) is 16.8. The van der Waals surface area contributed by atoms with E-state index in [4.69, 9.17) is 14.5 Å². The number of carbonyl (C=O) groups excluding carboxylic acids is 2. The lowest BCUT2D eigenvalue weighted by Crippen LogP contribution is -2.60. The summed E-state index contributed by atoms with van der Waals surface area (Å²) >= 11 is 0. The number of hydrogen-bond acceptors (Lipinski definition) is 9. The second kappa shape index (κ2) is 13.5. The number of aryl methyl sites for hydroxylation is 2. The maximum Gasteiger partial charge on any atom is 0.435 e. The van der Waals surface area contributed by atoms with Crippen molar-refractivity contribution in [2.45, 2.75) is 72.5 Å². The van der Waals surface area contributed by atoms with Crippen molar-refractivity contribution in [3.05, 3.63) is 76.4 Å². The van der Waals surface area contributed by atoms with Gasteiger partial charge in [0.1, 0.15) is 29.6 Å². The fraction of sp³-hybridized carbons (Fsp3) is 0.432. The molecule has 1 fully saturated rings. The predicted molar refractivity (Wildman–Crippen MR) is 188 cm³/mol. The van der Waals surface area contributed by atoms with E-state index in [0.29, 0.717) is 42.3 Å². The SMILES string of the molecule is CCn1cc(-c2cc(CN3C=CCN=C3C)cc3c2OC/C(=C\c2cc(C)cc(N4CC(N(C)C(=O)OC(C)(C)C)C4)n2)C3=O)c(C(F)(F)F)n1. The average Bonchev–Trinajstić information content (AvgIpc) is 3.47. The Kier molecular flexibility index (Phi) is 9.47. The topological polar surface area (TPSA) is 105 Å². The number of rotatable bonds is 7. The van der Waals surface area contributed by atoms with Gasteiger partial charge in [0.15, 0.2) is 11.5 Å². The number of aromatic nitrogens is 3. The van der Waals surface area contributed by atoms with E-state index in [1.807, 2.05) is 68.8 Å². The predicted octanol–water partition coefficient (Wildman–Crippen LogP) is 6.75. The van der Waals surface area contributed by atoms with Crippen LogP contribution in [0.4, 0.5) is 23.8 Å². The molecule has 0 aliphatic carbocycles. The maximum absolute atomic E-state index is 14.3. The minimum Gasteiger partial charge on any atom is -0.487 e. The lowest BCUT2D eigenvalue weighted by molar-refractivity contribution is -0.141. The maximum atomic E-state index is 14.3. The fourth-order valence-corrected chi connectivity index (χ4v) is 6.17. The van der Waals surface area contributed by atoms with Crippen LogP contribution in [0.1, 0.15) is 67.5 Å². The number of halogens is 3. The zero-order valence-electron chi connectivity index (χ0n) is 29.8. The van der Waals surface area contributed by atoms with Crippen molar-refractivity contribution in [2.75, 3.05) is 38.2 Å². The molecule has 270 valence electrons. The van der Waals surface area contributed by atoms with Crippen LogP contribution in [0.25, 0.3) is 17.2 Å². The van der Waals surface area contributed by atoms with Crippen LogP contribution in [0.15, 0.2) is 53.3 Å². The van der Waals surface area contributed by atoms with Crippen molar-refractivity contribution >= 4 is 29.6 Å². The van der Waals surface area contributed by atoms with Crippen LogP contribution in [-0.4, -0.2) is 87.2 Å². The average molecular weight is 706 g/mol.